The summed E-state index contributed by atoms with van der Waals surface area (Å²) in [6.07, 6.45) is 8.89. The number of rotatable bonds is 1. The Morgan fingerprint density at radius 2 is 1.44 bits per heavy atom. The van der Waals surface area contributed by atoms with Crippen molar-refractivity contribution in [1.29, 1.82) is 0 Å². The van der Waals surface area contributed by atoms with Gasteiger partial charge in [-0.1, -0.05) is 37.1 Å². The second kappa shape index (κ2) is 4.24. The van der Waals surface area contributed by atoms with Gasteiger partial charge in [-0.3, -0.25) is 0 Å². The maximum atomic E-state index is 2.39. The molecule has 2 aliphatic carbocycles. The largest absolute Gasteiger partial charge is 0.0620 e. The van der Waals surface area contributed by atoms with Crippen LogP contribution in [0.1, 0.15) is 55.6 Å². The van der Waals surface area contributed by atoms with E-state index in [0.29, 0.717) is 0 Å². The summed E-state index contributed by atoms with van der Waals surface area (Å²) in [4.78, 5) is 0. The van der Waals surface area contributed by atoms with Crippen molar-refractivity contribution in [2.24, 2.45) is 11.8 Å². The molecular formula is C16H22. The highest BCUT2D eigenvalue weighted by Crippen LogP contribution is 2.50. The van der Waals surface area contributed by atoms with Crippen LogP contribution in [-0.4, -0.2) is 0 Å². The predicted octanol–water partition coefficient (Wildman–Crippen LogP) is 4.68. The minimum absolute atomic E-state index is 0.892. The van der Waals surface area contributed by atoms with E-state index >= 15 is 0 Å². The van der Waals surface area contributed by atoms with E-state index < -0.39 is 0 Å². The summed E-state index contributed by atoms with van der Waals surface area (Å²) in [5, 5.41) is 0. The number of fused-ring (bicyclic) bond motifs is 2. The molecular weight excluding hydrogens is 192 g/mol. The van der Waals surface area contributed by atoms with Crippen molar-refractivity contribution < 1.29 is 0 Å². The molecule has 0 saturated heterocycles. The molecule has 0 aromatic heterocycles. The van der Waals surface area contributed by atoms with Crippen molar-refractivity contribution in [2.75, 3.05) is 0 Å². The number of hydrogen-bond donors (Lipinski definition) is 0. The fourth-order valence-electron chi connectivity index (χ4n) is 4.14. The average Bonchev–Trinajstić information content (AvgIpc) is 2.28. The standard InChI is InChI=1S/C16H22/c1-12-6-2-3-11-15(12)16-13-7-4-8-14(16)10-5-9-13/h2-3,6,11,13-14,16H,4-5,7-10H2,1H3. The number of aryl methyl sites for hydroxylation is 1. The minimum Gasteiger partial charge on any atom is -0.0620 e. The molecule has 0 unspecified atom stereocenters. The normalized spacial score (nSPS) is 33.7. The van der Waals surface area contributed by atoms with Gasteiger partial charge >= 0.3 is 0 Å². The van der Waals surface area contributed by atoms with Crippen LogP contribution in [0.2, 0.25) is 0 Å². The molecule has 2 saturated carbocycles. The quantitative estimate of drug-likeness (QED) is 0.637. The zero-order valence-electron chi connectivity index (χ0n) is 10.3. The van der Waals surface area contributed by atoms with Gasteiger partial charge in [0.2, 0.25) is 0 Å². The van der Waals surface area contributed by atoms with E-state index in [-0.39, 0.29) is 0 Å². The van der Waals surface area contributed by atoms with E-state index in [4.69, 9.17) is 0 Å². The first-order chi connectivity index (χ1) is 7.86. The monoisotopic (exact) mass is 214 g/mol. The first-order valence-electron chi connectivity index (χ1n) is 6.92. The van der Waals surface area contributed by atoms with Crippen LogP contribution >= 0.6 is 0 Å². The van der Waals surface area contributed by atoms with E-state index in [9.17, 15) is 0 Å². The Hall–Kier alpha value is -0.780. The van der Waals surface area contributed by atoms with Crippen molar-refractivity contribution >= 4 is 0 Å². The summed E-state index contributed by atoms with van der Waals surface area (Å²) in [7, 11) is 0. The fourth-order valence-corrected chi connectivity index (χ4v) is 4.14. The summed E-state index contributed by atoms with van der Waals surface area (Å²) >= 11 is 0. The van der Waals surface area contributed by atoms with E-state index in [1.807, 2.05) is 0 Å². The molecule has 0 amide bonds. The number of hydrogen-bond acceptors (Lipinski definition) is 0. The van der Waals surface area contributed by atoms with Gasteiger partial charge in [0.1, 0.15) is 0 Å². The maximum Gasteiger partial charge on any atom is -0.0103 e. The molecule has 0 N–H and O–H groups in total. The van der Waals surface area contributed by atoms with Crippen LogP contribution in [0.3, 0.4) is 0 Å². The molecule has 0 heteroatoms. The topological polar surface area (TPSA) is 0 Å². The van der Waals surface area contributed by atoms with Gasteiger partial charge in [0.15, 0.2) is 0 Å². The van der Waals surface area contributed by atoms with E-state index in [1.165, 1.54) is 44.1 Å². The van der Waals surface area contributed by atoms with E-state index in [0.717, 1.165) is 17.8 Å². The molecule has 0 nitrogen and oxygen atoms in total. The highest BCUT2D eigenvalue weighted by Gasteiger charge is 2.37. The zero-order chi connectivity index (χ0) is 11.0. The lowest BCUT2D eigenvalue weighted by Gasteiger charge is -2.43. The van der Waals surface area contributed by atoms with E-state index in [1.54, 1.807) is 5.56 Å². The van der Waals surface area contributed by atoms with Crippen molar-refractivity contribution in [1.82, 2.24) is 0 Å². The van der Waals surface area contributed by atoms with Crippen LogP contribution in [0.5, 0.6) is 0 Å². The highest BCUT2D eigenvalue weighted by atomic mass is 14.4. The Bertz CT molecular complexity index is 344. The van der Waals surface area contributed by atoms with Crippen molar-refractivity contribution in [3.63, 3.8) is 0 Å². The van der Waals surface area contributed by atoms with Gasteiger partial charge in [0, 0.05) is 0 Å². The summed E-state index contributed by atoms with van der Waals surface area (Å²) in [6.45, 7) is 2.29. The second-order valence-electron chi connectivity index (χ2n) is 5.76. The van der Waals surface area contributed by atoms with Gasteiger partial charge in [0.05, 0.1) is 0 Å². The SMILES string of the molecule is Cc1ccccc1C1C2CCCC1CCC2. The molecule has 16 heavy (non-hydrogen) atoms. The Balaban J connectivity index is 1.96. The first kappa shape index (κ1) is 10.4. The van der Waals surface area contributed by atoms with Crippen molar-refractivity contribution in [2.45, 2.75) is 51.4 Å². The van der Waals surface area contributed by atoms with Crippen molar-refractivity contribution in [3.8, 4) is 0 Å². The van der Waals surface area contributed by atoms with Gasteiger partial charge < -0.3 is 0 Å². The third kappa shape index (κ3) is 1.69. The molecule has 0 aliphatic heterocycles. The molecule has 2 aliphatic rings. The lowest BCUT2D eigenvalue weighted by atomic mass is 9.62. The first-order valence-corrected chi connectivity index (χ1v) is 6.92. The van der Waals surface area contributed by atoms with Gasteiger partial charge in [-0.25, -0.2) is 0 Å². The minimum atomic E-state index is 0.892. The van der Waals surface area contributed by atoms with Crippen LogP contribution in [0, 0.1) is 18.8 Å². The van der Waals surface area contributed by atoms with E-state index in [2.05, 4.69) is 31.2 Å². The van der Waals surface area contributed by atoms with Gasteiger partial charge in [-0.15, -0.1) is 0 Å². The van der Waals surface area contributed by atoms with Gasteiger partial charge in [-0.05, 0) is 61.5 Å². The second-order valence-corrected chi connectivity index (χ2v) is 5.76. The summed E-state index contributed by atoms with van der Waals surface area (Å²) < 4.78 is 0. The molecule has 1 aromatic rings. The molecule has 3 rings (SSSR count). The molecule has 1 aromatic carbocycles. The van der Waals surface area contributed by atoms with Crippen LogP contribution in [0.25, 0.3) is 0 Å². The fraction of sp³-hybridized carbons (Fsp3) is 0.625. The Labute approximate surface area is 99.1 Å². The highest BCUT2D eigenvalue weighted by molar-refractivity contribution is 5.31. The lowest BCUT2D eigenvalue weighted by Crippen LogP contribution is -2.30. The molecule has 0 heterocycles. The molecule has 2 bridgehead atoms. The van der Waals surface area contributed by atoms with Crippen LogP contribution in [-0.2, 0) is 0 Å². The van der Waals surface area contributed by atoms with Gasteiger partial charge in [0.25, 0.3) is 0 Å². The molecule has 86 valence electrons. The number of benzene rings is 1. The smallest absolute Gasteiger partial charge is 0.0103 e. The maximum absolute atomic E-state index is 2.39. The molecule has 0 atom stereocenters. The average molecular weight is 214 g/mol. The molecule has 0 radical (unpaired) electrons. The zero-order valence-corrected chi connectivity index (χ0v) is 10.3. The summed E-state index contributed by atoms with van der Waals surface area (Å²) in [6, 6.07) is 9.08. The Morgan fingerprint density at radius 3 is 2.00 bits per heavy atom. The lowest BCUT2D eigenvalue weighted by molar-refractivity contribution is 0.149. The van der Waals surface area contributed by atoms with Gasteiger partial charge in [-0.2, -0.15) is 0 Å². The van der Waals surface area contributed by atoms with Crippen molar-refractivity contribution in [3.05, 3.63) is 35.4 Å². The van der Waals surface area contributed by atoms with Crippen LogP contribution in [0.15, 0.2) is 24.3 Å². The third-order valence-electron chi connectivity index (χ3n) is 4.86. The molecule has 0 spiro atoms. The predicted molar refractivity (Wildman–Crippen MR) is 68.6 cm³/mol. The molecule has 2 fully saturated rings. The summed E-state index contributed by atoms with van der Waals surface area (Å²) in [5.41, 5.74) is 3.18. The Morgan fingerprint density at radius 1 is 0.875 bits per heavy atom. The van der Waals surface area contributed by atoms with Crippen LogP contribution < -0.4 is 0 Å². The Kier molecular flexibility index (Phi) is 2.75. The summed E-state index contributed by atoms with van der Waals surface area (Å²) in [5.74, 6) is 2.88. The third-order valence-corrected chi connectivity index (χ3v) is 4.86. The van der Waals surface area contributed by atoms with Crippen LogP contribution in [0.4, 0.5) is 0 Å².